The monoisotopic (exact) mass is 289 g/mol. The van der Waals surface area contributed by atoms with E-state index in [2.05, 4.69) is 21.8 Å². The van der Waals surface area contributed by atoms with Gasteiger partial charge in [-0.25, -0.2) is 4.98 Å². The number of nitrogens with zero attached hydrogens (tertiary/aromatic N) is 2. The van der Waals surface area contributed by atoms with Crippen molar-refractivity contribution >= 4 is 0 Å². The third-order valence-corrected chi connectivity index (χ3v) is 3.51. The van der Waals surface area contributed by atoms with Crippen molar-refractivity contribution in [2.45, 2.75) is 25.9 Å². The molecule has 1 aromatic carbocycles. The zero-order valence-electron chi connectivity index (χ0n) is 12.9. The average Bonchev–Trinajstić information content (AvgIpc) is 3.04. The molecule has 1 N–H and O–H groups in total. The topological polar surface area (TPSA) is 48.3 Å². The minimum Gasteiger partial charge on any atom is -0.497 e. The van der Waals surface area contributed by atoms with Crippen molar-refractivity contribution in [2.75, 3.05) is 20.8 Å². The molecule has 0 aliphatic carbocycles. The van der Waals surface area contributed by atoms with Gasteiger partial charge in [0.05, 0.1) is 20.5 Å². The molecular weight excluding hydrogens is 266 g/mol. The summed E-state index contributed by atoms with van der Waals surface area (Å²) < 4.78 is 12.7. The first-order valence-electron chi connectivity index (χ1n) is 7.15. The second-order valence-corrected chi connectivity index (χ2v) is 4.94. The van der Waals surface area contributed by atoms with Crippen LogP contribution >= 0.6 is 0 Å². The van der Waals surface area contributed by atoms with Gasteiger partial charge in [-0.1, -0.05) is 6.07 Å². The fraction of sp³-hybridized carbons (Fsp3) is 0.438. The normalized spacial score (nSPS) is 12.1. The largest absolute Gasteiger partial charge is 0.497 e. The Labute approximate surface area is 125 Å². The van der Waals surface area contributed by atoms with E-state index in [9.17, 15) is 0 Å². The number of ether oxygens (including phenoxy) is 2. The van der Waals surface area contributed by atoms with Crippen LogP contribution in [-0.4, -0.2) is 30.3 Å². The Balaban J connectivity index is 1.86. The van der Waals surface area contributed by atoms with Gasteiger partial charge in [0.1, 0.15) is 11.5 Å². The molecule has 0 aliphatic heterocycles. The predicted octanol–water partition coefficient (Wildman–Crippen LogP) is 2.64. The second kappa shape index (κ2) is 7.69. The molecule has 2 rings (SSSR count). The molecule has 2 aromatic rings. The number of hydrogen-bond acceptors (Lipinski definition) is 4. The number of aryl methyl sites for hydroxylation is 1. The first kappa shape index (κ1) is 15.4. The first-order chi connectivity index (χ1) is 10.2. The van der Waals surface area contributed by atoms with E-state index >= 15 is 0 Å². The molecule has 5 nitrogen and oxygen atoms in total. The Morgan fingerprint density at radius 1 is 1.29 bits per heavy atom. The summed E-state index contributed by atoms with van der Waals surface area (Å²) in [6.45, 7) is 4.05. The van der Waals surface area contributed by atoms with E-state index in [0.717, 1.165) is 36.6 Å². The predicted molar refractivity (Wildman–Crippen MR) is 82.8 cm³/mol. The van der Waals surface area contributed by atoms with E-state index in [0.29, 0.717) is 0 Å². The Bertz CT molecular complexity index is 540. The van der Waals surface area contributed by atoms with Crippen LogP contribution in [0.25, 0.3) is 0 Å². The van der Waals surface area contributed by atoms with Gasteiger partial charge >= 0.3 is 0 Å². The molecule has 21 heavy (non-hydrogen) atoms. The number of nitrogens with one attached hydrogen (secondary N) is 1. The molecule has 1 aromatic heterocycles. The molecule has 114 valence electrons. The van der Waals surface area contributed by atoms with Crippen molar-refractivity contribution < 1.29 is 9.47 Å². The lowest BCUT2D eigenvalue weighted by atomic mass is 10.1. The van der Waals surface area contributed by atoms with Crippen LogP contribution in [-0.2, 0) is 6.54 Å². The van der Waals surface area contributed by atoms with Crippen molar-refractivity contribution in [1.29, 1.82) is 0 Å². The number of imidazole rings is 1. The average molecular weight is 289 g/mol. The van der Waals surface area contributed by atoms with E-state index in [4.69, 9.17) is 9.47 Å². The number of benzene rings is 1. The summed E-state index contributed by atoms with van der Waals surface area (Å²) in [5, 5.41) is 3.52. The lowest BCUT2D eigenvalue weighted by Crippen LogP contribution is -2.21. The van der Waals surface area contributed by atoms with Gasteiger partial charge in [0.2, 0.25) is 0 Å². The van der Waals surface area contributed by atoms with E-state index < -0.39 is 0 Å². The van der Waals surface area contributed by atoms with Crippen LogP contribution in [0.5, 0.6) is 11.5 Å². The number of hydrogen-bond donors (Lipinski definition) is 1. The highest BCUT2D eigenvalue weighted by Crippen LogP contribution is 2.29. The van der Waals surface area contributed by atoms with Crippen LogP contribution in [0, 0.1) is 0 Å². The summed E-state index contributed by atoms with van der Waals surface area (Å²) >= 11 is 0. The smallest absolute Gasteiger partial charge is 0.127 e. The van der Waals surface area contributed by atoms with Crippen molar-refractivity contribution in [3.05, 3.63) is 42.5 Å². The Kier molecular flexibility index (Phi) is 5.63. The van der Waals surface area contributed by atoms with Crippen LogP contribution in [0.4, 0.5) is 0 Å². The number of rotatable bonds is 8. The van der Waals surface area contributed by atoms with Gasteiger partial charge in [-0.15, -0.1) is 0 Å². The van der Waals surface area contributed by atoms with Gasteiger partial charge in [0.15, 0.2) is 0 Å². The minimum absolute atomic E-state index is 0.230. The van der Waals surface area contributed by atoms with Gasteiger partial charge in [-0.2, -0.15) is 0 Å². The van der Waals surface area contributed by atoms with Gasteiger partial charge in [-0.05, 0) is 26.0 Å². The van der Waals surface area contributed by atoms with Crippen molar-refractivity contribution in [1.82, 2.24) is 14.9 Å². The van der Waals surface area contributed by atoms with Crippen molar-refractivity contribution in [3.63, 3.8) is 0 Å². The zero-order valence-corrected chi connectivity index (χ0v) is 12.9. The van der Waals surface area contributed by atoms with E-state index in [1.807, 2.05) is 30.7 Å². The third-order valence-electron chi connectivity index (χ3n) is 3.51. The molecule has 0 amide bonds. The summed E-state index contributed by atoms with van der Waals surface area (Å²) in [7, 11) is 3.34. The second-order valence-electron chi connectivity index (χ2n) is 4.94. The van der Waals surface area contributed by atoms with Crippen LogP contribution in [0.3, 0.4) is 0 Å². The molecule has 1 atom stereocenters. The molecule has 1 unspecified atom stereocenters. The standard InChI is InChI=1S/C16H23N3O2/c1-13(18-7-4-9-19-10-8-17-12-19)15-6-5-14(20-2)11-16(15)21-3/h5-6,8,10-13,18H,4,7,9H2,1-3H3. The summed E-state index contributed by atoms with van der Waals surface area (Å²) in [5.74, 6) is 1.66. The maximum atomic E-state index is 5.44. The van der Waals surface area contributed by atoms with Gasteiger partial charge < -0.3 is 19.4 Å². The molecule has 1 heterocycles. The lowest BCUT2D eigenvalue weighted by Gasteiger charge is -2.18. The van der Waals surface area contributed by atoms with E-state index in [-0.39, 0.29) is 6.04 Å². The van der Waals surface area contributed by atoms with E-state index in [1.54, 1.807) is 20.4 Å². The van der Waals surface area contributed by atoms with E-state index in [1.165, 1.54) is 0 Å². The maximum Gasteiger partial charge on any atom is 0.127 e. The Morgan fingerprint density at radius 3 is 2.81 bits per heavy atom. The zero-order chi connectivity index (χ0) is 15.1. The third kappa shape index (κ3) is 4.23. The maximum absolute atomic E-state index is 5.44. The molecular formula is C16H23N3O2. The van der Waals surface area contributed by atoms with Gasteiger partial charge in [0, 0.05) is 36.6 Å². The molecule has 5 heteroatoms. The summed E-state index contributed by atoms with van der Waals surface area (Å²) in [6, 6.07) is 6.15. The fourth-order valence-corrected chi connectivity index (χ4v) is 2.29. The molecule has 0 bridgehead atoms. The van der Waals surface area contributed by atoms with Crippen molar-refractivity contribution in [3.8, 4) is 11.5 Å². The molecule has 0 saturated carbocycles. The quantitative estimate of drug-likeness (QED) is 0.759. The SMILES string of the molecule is COc1ccc(C(C)NCCCn2ccnc2)c(OC)c1. The molecule has 0 aliphatic rings. The van der Waals surface area contributed by atoms with Gasteiger partial charge in [-0.3, -0.25) is 0 Å². The highest BCUT2D eigenvalue weighted by molar-refractivity contribution is 5.42. The van der Waals surface area contributed by atoms with Crippen LogP contribution < -0.4 is 14.8 Å². The van der Waals surface area contributed by atoms with Crippen LogP contribution in [0.15, 0.2) is 36.9 Å². The minimum atomic E-state index is 0.230. The Morgan fingerprint density at radius 2 is 2.14 bits per heavy atom. The Hall–Kier alpha value is -2.01. The van der Waals surface area contributed by atoms with Crippen LogP contribution in [0.1, 0.15) is 24.9 Å². The fourth-order valence-electron chi connectivity index (χ4n) is 2.29. The number of aromatic nitrogens is 2. The number of methoxy groups -OCH3 is 2. The molecule has 0 fully saturated rings. The molecule has 0 spiro atoms. The summed E-state index contributed by atoms with van der Waals surface area (Å²) in [4.78, 5) is 4.04. The lowest BCUT2D eigenvalue weighted by molar-refractivity contribution is 0.385. The summed E-state index contributed by atoms with van der Waals surface area (Å²) in [6.07, 6.45) is 6.68. The molecule has 0 radical (unpaired) electrons. The first-order valence-corrected chi connectivity index (χ1v) is 7.15. The highest BCUT2D eigenvalue weighted by Gasteiger charge is 2.11. The highest BCUT2D eigenvalue weighted by atomic mass is 16.5. The van der Waals surface area contributed by atoms with Crippen LogP contribution in [0.2, 0.25) is 0 Å². The summed E-state index contributed by atoms with van der Waals surface area (Å²) in [5.41, 5.74) is 1.14. The van der Waals surface area contributed by atoms with Crippen molar-refractivity contribution in [2.24, 2.45) is 0 Å². The van der Waals surface area contributed by atoms with Gasteiger partial charge in [0.25, 0.3) is 0 Å². The molecule has 0 saturated heterocycles.